The molecule has 1 aromatic rings. The lowest BCUT2D eigenvalue weighted by Crippen LogP contribution is -2.36. The molecule has 0 radical (unpaired) electrons. The molecule has 2 saturated heterocycles. The Hall–Kier alpha value is -1.09. The van der Waals surface area contributed by atoms with Crippen molar-refractivity contribution in [1.82, 2.24) is 9.88 Å². The van der Waals surface area contributed by atoms with Gasteiger partial charge in [0.05, 0.1) is 0 Å². The second-order valence-electron chi connectivity index (χ2n) is 6.10. The van der Waals surface area contributed by atoms with Gasteiger partial charge in [-0.2, -0.15) is 0 Å². The van der Waals surface area contributed by atoms with E-state index < -0.39 is 0 Å². The van der Waals surface area contributed by atoms with E-state index in [4.69, 9.17) is 4.98 Å². The highest BCUT2D eigenvalue weighted by atomic mass is 15.2. The molecule has 3 nitrogen and oxygen atoms in total. The van der Waals surface area contributed by atoms with Crippen molar-refractivity contribution in [3.8, 4) is 0 Å². The molecule has 2 aliphatic heterocycles. The summed E-state index contributed by atoms with van der Waals surface area (Å²) in [5.41, 5.74) is 1.47. The van der Waals surface area contributed by atoms with Gasteiger partial charge >= 0.3 is 0 Å². The Morgan fingerprint density at radius 2 is 1.90 bits per heavy atom. The molecule has 0 spiro atoms. The first-order chi connectivity index (χ1) is 9.90. The molecular weight excluding hydrogens is 246 g/mol. The van der Waals surface area contributed by atoms with Crippen molar-refractivity contribution >= 4 is 5.82 Å². The summed E-state index contributed by atoms with van der Waals surface area (Å²) in [6.45, 7) is 7.05. The molecule has 0 amide bonds. The highest BCUT2D eigenvalue weighted by Gasteiger charge is 2.27. The minimum Gasteiger partial charge on any atom is -0.356 e. The maximum absolute atomic E-state index is 4.75. The van der Waals surface area contributed by atoms with E-state index in [1.165, 1.54) is 69.5 Å². The lowest BCUT2D eigenvalue weighted by molar-refractivity contribution is 0.157. The summed E-state index contributed by atoms with van der Waals surface area (Å²) in [6, 6.07) is 5.01. The van der Waals surface area contributed by atoms with Crippen LogP contribution in [0.3, 0.4) is 0 Å². The molecule has 110 valence electrons. The third kappa shape index (κ3) is 2.83. The molecule has 3 heteroatoms. The van der Waals surface area contributed by atoms with Crippen molar-refractivity contribution in [3.05, 3.63) is 23.9 Å². The molecule has 0 aliphatic carbocycles. The van der Waals surface area contributed by atoms with Crippen molar-refractivity contribution < 1.29 is 0 Å². The Morgan fingerprint density at radius 1 is 1.10 bits per heavy atom. The Balaban J connectivity index is 1.87. The van der Waals surface area contributed by atoms with Crippen LogP contribution in [-0.2, 0) is 0 Å². The fraction of sp³-hybridized carbons (Fsp3) is 0.706. The number of aromatic nitrogens is 1. The predicted octanol–water partition coefficient (Wildman–Crippen LogP) is 3.62. The SMILES string of the molecule is CCN1CCCC[C@H]1c1cccnc1N1CCCCC1. The van der Waals surface area contributed by atoms with Gasteiger partial charge in [-0.25, -0.2) is 4.98 Å². The first-order valence-corrected chi connectivity index (χ1v) is 8.34. The normalized spacial score (nSPS) is 24.9. The summed E-state index contributed by atoms with van der Waals surface area (Å²) in [5, 5.41) is 0. The molecule has 0 aromatic carbocycles. The molecule has 1 atom stereocenters. The average molecular weight is 273 g/mol. The van der Waals surface area contributed by atoms with Crippen LogP contribution in [0.4, 0.5) is 5.82 Å². The molecule has 2 fully saturated rings. The van der Waals surface area contributed by atoms with Crippen LogP contribution in [0, 0.1) is 0 Å². The lowest BCUT2D eigenvalue weighted by Gasteiger charge is -2.38. The van der Waals surface area contributed by atoms with Gasteiger partial charge in [-0.3, -0.25) is 4.90 Å². The van der Waals surface area contributed by atoms with Gasteiger partial charge in [0.25, 0.3) is 0 Å². The maximum atomic E-state index is 4.75. The van der Waals surface area contributed by atoms with Crippen LogP contribution in [0.1, 0.15) is 57.1 Å². The fourth-order valence-corrected chi connectivity index (χ4v) is 3.76. The van der Waals surface area contributed by atoms with E-state index in [1.54, 1.807) is 0 Å². The Bertz CT molecular complexity index is 426. The van der Waals surface area contributed by atoms with E-state index in [1.807, 2.05) is 6.20 Å². The molecule has 0 saturated carbocycles. The lowest BCUT2D eigenvalue weighted by atomic mass is 9.95. The molecule has 2 aliphatic rings. The zero-order chi connectivity index (χ0) is 13.8. The second-order valence-corrected chi connectivity index (χ2v) is 6.10. The highest BCUT2D eigenvalue weighted by Crippen LogP contribution is 2.35. The predicted molar refractivity (Wildman–Crippen MR) is 84.1 cm³/mol. The first kappa shape index (κ1) is 13.9. The van der Waals surface area contributed by atoms with Gasteiger partial charge in [0.2, 0.25) is 0 Å². The van der Waals surface area contributed by atoms with Crippen LogP contribution in [-0.4, -0.2) is 36.1 Å². The quantitative estimate of drug-likeness (QED) is 0.838. The highest BCUT2D eigenvalue weighted by molar-refractivity contribution is 5.49. The van der Waals surface area contributed by atoms with E-state index >= 15 is 0 Å². The van der Waals surface area contributed by atoms with E-state index in [0.29, 0.717) is 6.04 Å². The van der Waals surface area contributed by atoms with Gasteiger partial charge in [-0.1, -0.05) is 19.4 Å². The number of nitrogens with zero attached hydrogens (tertiary/aromatic N) is 3. The van der Waals surface area contributed by atoms with Gasteiger partial charge in [0, 0.05) is 30.9 Å². The standard InChI is InChI=1S/C17H27N3/c1-2-19-12-7-4-10-16(19)15-9-8-11-18-17(15)20-13-5-3-6-14-20/h8-9,11,16H,2-7,10,12-14H2,1H3/t16-/m0/s1. The van der Waals surface area contributed by atoms with E-state index in [9.17, 15) is 0 Å². The molecule has 20 heavy (non-hydrogen) atoms. The third-order valence-electron chi connectivity index (χ3n) is 4.85. The van der Waals surface area contributed by atoms with E-state index in [0.717, 1.165) is 6.54 Å². The molecule has 1 aromatic heterocycles. The molecule has 0 N–H and O–H groups in total. The van der Waals surface area contributed by atoms with Crippen LogP contribution >= 0.6 is 0 Å². The second kappa shape index (κ2) is 6.57. The molecular formula is C17H27N3. The van der Waals surface area contributed by atoms with Crippen molar-refractivity contribution in [2.24, 2.45) is 0 Å². The number of hydrogen-bond acceptors (Lipinski definition) is 3. The topological polar surface area (TPSA) is 19.4 Å². The van der Waals surface area contributed by atoms with Crippen LogP contribution in [0.25, 0.3) is 0 Å². The number of hydrogen-bond donors (Lipinski definition) is 0. The van der Waals surface area contributed by atoms with Crippen molar-refractivity contribution in [3.63, 3.8) is 0 Å². The summed E-state index contributed by atoms with van der Waals surface area (Å²) in [7, 11) is 0. The Labute approximate surface area is 123 Å². The zero-order valence-corrected chi connectivity index (χ0v) is 12.7. The summed E-state index contributed by atoms with van der Waals surface area (Å²) < 4.78 is 0. The van der Waals surface area contributed by atoms with Gasteiger partial charge in [0.15, 0.2) is 0 Å². The zero-order valence-electron chi connectivity index (χ0n) is 12.7. The Morgan fingerprint density at radius 3 is 2.70 bits per heavy atom. The summed E-state index contributed by atoms with van der Waals surface area (Å²) >= 11 is 0. The van der Waals surface area contributed by atoms with E-state index in [2.05, 4.69) is 28.9 Å². The largest absolute Gasteiger partial charge is 0.356 e. The number of piperidine rings is 2. The van der Waals surface area contributed by atoms with Crippen molar-refractivity contribution in [1.29, 1.82) is 0 Å². The molecule has 0 bridgehead atoms. The van der Waals surface area contributed by atoms with Crippen molar-refractivity contribution in [2.45, 2.75) is 51.5 Å². The minimum atomic E-state index is 0.583. The van der Waals surface area contributed by atoms with Crippen LogP contribution in [0.2, 0.25) is 0 Å². The fourth-order valence-electron chi connectivity index (χ4n) is 3.76. The maximum Gasteiger partial charge on any atom is 0.133 e. The molecule has 3 heterocycles. The third-order valence-corrected chi connectivity index (χ3v) is 4.85. The van der Waals surface area contributed by atoms with Crippen LogP contribution in [0.5, 0.6) is 0 Å². The van der Waals surface area contributed by atoms with E-state index in [-0.39, 0.29) is 0 Å². The smallest absolute Gasteiger partial charge is 0.133 e. The van der Waals surface area contributed by atoms with Gasteiger partial charge in [-0.05, 0) is 51.3 Å². The first-order valence-electron chi connectivity index (χ1n) is 8.34. The van der Waals surface area contributed by atoms with Gasteiger partial charge < -0.3 is 4.90 Å². The van der Waals surface area contributed by atoms with Crippen molar-refractivity contribution in [2.75, 3.05) is 31.1 Å². The minimum absolute atomic E-state index is 0.583. The number of rotatable bonds is 3. The monoisotopic (exact) mass is 273 g/mol. The summed E-state index contributed by atoms with van der Waals surface area (Å²) in [5.74, 6) is 1.26. The Kier molecular flexibility index (Phi) is 4.56. The van der Waals surface area contributed by atoms with Gasteiger partial charge in [0.1, 0.15) is 5.82 Å². The number of likely N-dealkylation sites (tertiary alicyclic amines) is 1. The summed E-state index contributed by atoms with van der Waals surface area (Å²) in [6.07, 6.45) is 9.98. The van der Waals surface area contributed by atoms with Crippen LogP contribution < -0.4 is 4.90 Å². The average Bonchev–Trinajstić information content (AvgIpc) is 2.55. The summed E-state index contributed by atoms with van der Waals surface area (Å²) in [4.78, 5) is 9.89. The number of anilines is 1. The van der Waals surface area contributed by atoms with Crippen LogP contribution in [0.15, 0.2) is 18.3 Å². The molecule has 3 rings (SSSR count). The number of pyridine rings is 1. The van der Waals surface area contributed by atoms with Gasteiger partial charge in [-0.15, -0.1) is 0 Å². The molecule has 0 unspecified atom stereocenters.